The Labute approximate surface area is 153 Å². The van der Waals surface area contributed by atoms with E-state index in [1.54, 1.807) is 22.7 Å². The number of nitrogens with zero attached hydrogens (tertiary/aromatic N) is 2. The van der Waals surface area contributed by atoms with Crippen LogP contribution in [-0.4, -0.2) is 44.6 Å². The Bertz CT molecular complexity index is 591. The maximum Gasteiger partial charge on any atom is 0.191 e. The van der Waals surface area contributed by atoms with E-state index in [2.05, 4.69) is 77.8 Å². The van der Waals surface area contributed by atoms with Gasteiger partial charge in [0.2, 0.25) is 0 Å². The molecule has 0 bridgehead atoms. The fraction of sp³-hybridized carbons (Fsp3) is 0.500. The summed E-state index contributed by atoms with van der Waals surface area (Å²) in [4.78, 5) is 8.38. The van der Waals surface area contributed by atoms with Crippen molar-refractivity contribution in [1.82, 2.24) is 15.5 Å². The lowest BCUT2D eigenvalue weighted by molar-refractivity contribution is 0.302. The molecule has 0 saturated heterocycles. The minimum atomic E-state index is 0.350. The zero-order valence-electron chi connectivity index (χ0n) is 15.0. The van der Waals surface area contributed by atoms with E-state index in [4.69, 9.17) is 4.99 Å². The second-order valence-corrected chi connectivity index (χ2v) is 7.81. The average molecular weight is 365 g/mol. The van der Waals surface area contributed by atoms with E-state index >= 15 is 0 Å². The van der Waals surface area contributed by atoms with Crippen LogP contribution in [0, 0.1) is 0 Å². The molecule has 6 heteroatoms. The minimum absolute atomic E-state index is 0.350. The third kappa shape index (κ3) is 5.61. The van der Waals surface area contributed by atoms with Gasteiger partial charge in [-0.25, -0.2) is 0 Å². The molecule has 0 aliphatic carbocycles. The van der Waals surface area contributed by atoms with E-state index in [9.17, 15) is 0 Å². The van der Waals surface area contributed by atoms with Crippen LogP contribution in [0.1, 0.15) is 36.2 Å². The van der Waals surface area contributed by atoms with Crippen molar-refractivity contribution in [3.05, 3.63) is 44.8 Å². The van der Waals surface area contributed by atoms with Crippen LogP contribution in [0.5, 0.6) is 0 Å². The first-order valence-corrected chi connectivity index (χ1v) is 10.2. The smallest absolute Gasteiger partial charge is 0.191 e. The molecule has 132 valence electrons. The molecular formula is C18H28N4S2. The van der Waals surface area contributed by atoms with Crippen molar-refractivity contribution in [1.29, 1.82) is 0 Å². The Morgan fingerprint density at radius 1 is 1.25 bits per heavy atom. The summed E-state index contributed by atoms with van der Waals surface area (Å²) in [5.74, 6) is 1.33. The molecule has 0 fully saturated rings. The topological polar surface area (TPSA) is 39.7 Å². The summed E-state index contributed by atoms with van der Waals surface area (Å²) in [5.41, 5.74) is 1.37. The highest BCUT2D eigenvalue weighted by Crippen LogP contribution is 2.22. The number of hydrogen-bond acceptors (Lipinski definition) is 4. The van der Waals surface area contributed by atoms with Gasteiger partial charge in [-0.2, -0.15) is 11.3 Å². The zero-order chi connectivity index (χ0) is 17.4. The number of rotatable bonds is 8. The minimum Gasteiger partial charge on any atom is -0.357 e. The monoisotopic (exact) mass is 364 g/mol. The molecule has 2 rings (SSSR count). The van der Waals surface area contributed by atoms with Crippen molar-refractivity contribution in [2.45, 2.75) is 25.8 Å². The van der Waals surface area contributed by atoms with Crippen LogP contribution in [0.4, 0.5) is 0 Å². The van der Waals surface area contributed by atoms with E-state index < -0.39 is 0 Å². The maximum absolute atomic E-state index is 4.77. The van der Waals surface area contributed by atoms with Gasteiger partial charge in [-0.3, -0.25) is 4.99 Å². The normalized spacial score (nSPS) is 14.6. The lowest BCUT2D eigenvalue weighted by Crippen LogP contribution is -2.41. The van der Waals surface area contributed by atoms with Gasteiger partial charge >= 0.3 is 0 Å². The average Bonchev–Trinajstić information content (AvgIpc) is 3.25. The van der Waals surface area contributed by atoms with Crippen LogP contribution < -0.4 is 10.6 Å². The fourth-order valence-corrected chi connectivity index (χ4v) is 4.15. The van der Waals surface area contributed by atoms with Crippen LogP contribution >= 0.6 is 22.7 Å². The highest BCUT2D eigenvalue weighted by Gasteiger charge is 2.15. The molecule has 2 aromatic rings. The maximum atomic E-state index is 4.77. The Kier molecular flexibility index (Phi) is 7.75. The summed E-state index contributed by atoms with van der Waals surface area (Å²) in [6, 6.07) is 6.84. The van der Waals surface area contributed by atoms with Gasteiger partial charge in [-0.1, -0.05) is 13.0 Å². The molecule has 0 radical (unpaired) electrons. The molecule has 2 aromatic heterocycles. The van der Waals surface area contributed by atoms with Gasteiger partial charge in [-0.05, 0) is 54.9 Å². The number of aliphatic imine (C=N–C) groups is 1. The van der Waals surface area contributed by atoms with Crippen LogP contribution in [0.25, 0.3) is 0 Å². The Hall–Kier alpha value is -1.37. The summed E-state index contributed by atoms with van der Waals surface area (Å²) in [6.45, 7) is 6.82. The second-order valence-electron chi connectivity index (χ2n) is 6.05. The van der Waals surface area contributed by atoms with Crippen LogP contribution in [-0.2, 0) is 0 Å². The summed E-state index contributed by atoms with van der Waals surface area (Å²) in [7, 11) is 4.24. The molecule has 2 N–H and O–H groups in total. The van der Waals surface area contributed by atoms with Gasteiger partial charge < -0.3 is 15.5 Å². The molecule has 0 aromatic carbocycles. The predicted octanol–water partition coefficient (Wildman–Crippen LogP) is 3.77. The molecule has 2 atom stereocenters. The van der Waals surface area contributed by atoms with Crippen LogP contribution in [0.15, 0.2) is 39.3 Å². The fourth-order valence-electron chi connectivity index (χ4n) is 2.44. The van der Waals surface area contributed by atoms with Crippen molar-refractivity contribution in [3.63, 3.8) is 0 Å². The lowest BCUT2D eigenvalue weighted by atomic mass is 10.1. The van der Waals surface area contributed by atoms with Crippen molar-refractivity contribution in [2.24, 2.45) is 4.99 Å². The van der Waals surface area contributed by atoms with E-state index in [0.717, 1.165) is 25.6 Å². The predicted molar refractivity (Wildman–Crippen MR) is 107 cm³/mol. The number of nitrogens with one attached hydrogen (secondary N) is 2. The molecule has 0 saturated carbocycles. The van der Waals surface area contributed by atoms with E-state index in [1.165, 1.54) is 10.4 Å². The third-order valence-corrected chi connectivity index (χ3v) is 5.61. The number of hydrogen-bond donors (Lipinski definition) is 2. The number of thiophene rings is 2. The first-order chi connectivity index (χ1) is 11.6. The largest absolute Gasteiger partial charge is 0.357 e. The van der Waals surface area contributed by atoms with Crippen molar-refractivity contribution in [3.8, 4) is 0 Å². The van der Waals surface area contributed by atoms with Gasteiger partial charge in [0.05, 0.1) is 6.04 Å². The quantitative estimate of drug-likeness (QED) is 0.553. The number of guanidine groups is 1. The summed E-state index contributed by atoms with van der Waals surface area (Å²) >= 11 is 3.54. The Morgan fingerprint density at radius 2 is 2.08 bits per heavy atom. The number of likely N-dealkylation sites (N-methyl/N-ethyl adjacent to an activating group) is 1. The molecule has 0 aliphatic rings. The van der Waals surface area contributed by atoms with Gasteiger partial charge in [0.25, 0.3) is 0 Å². The van der Waals surface area contributed by atoms with Crippen molar-refractivity contribution in [2.75, 3.05) is 33.7 Å². The van der Waals surface area contributed by atoms with E-state index in [0.29, 0.717) is 12.0 Å². The summed E-state index contributed by atoms with van der Waals surface area (Å²) in [5, 5.41) is 13.3. The summed E-state index contributed by atoms with van der Waals surface area (Å²) < 4.78 is 0. The molecule has 0 spiro atoms. The molecule has 0 amide bonds. The van der Waals surface area contributed by atoms with Crippen molar-refractivity contribution < 1.29 is 0 Å². The Balaban J connectivity index is 1.95. The third-order valence-electron chi connectivity index (χ3n) is 3.94. The van der Waals surface area contributed by atoms with Crippen LogP contribution in [0.3, 0.4) is 0 Å². The van der Waals surface area contributed by atoms with Gasteiger partial charge in [0.1, 0.15) is 0 Å². The highest BCUT2D eigenvalue weighted by atomic mass is 32.1. The van der Waals surface area contributed by atoms with E-state index in [1.807, 2.05) is 0 Å². The SMILES string of the molecule is CCNC(=NCC(C)c1ccsc1)NCC(c1cccs1)N(C)C. The first kappa shape index (κ1) is 19.0. The van der Waals surface area contributed by atoms with Gasteiger partial charge in [0, 0.05) is 30.4 Å². The van der Waals surface area contributed by atoms with Crippen molar-refractivity contribution >= 4 is 28.6 Å². The zero-order valence-corrected chi connectivity index (χ0v) is 16.6. The molecule has 2 heterocycles. The first-order valence-electron chi connectivity index (χ1n) is 8.36. The summed E-state index contributed by atoms with van der Waals surface area (Å²) in [6.07, 6.45) is 0. The molecular weight excluding hydrogens is 336 g/mol. The molecule has 24 heavy (non-hydrogen) atoms. The molecule has 2 unspecified atom stereocenters. The molecule has 0 aliphatic heterocycles. The van der Waals surface area contributed by atoms with Gasteiger partial charge in [-0.15, -0.1) is 11.3 Å². The second kappa shape index (κ2) is 9.81. The Morgan fingerprint density at radius 3 is 2.67 bits per heavy atom. The van der Waals surface area contributed by atoms with Gasteiger partial charge in [0.15, 0.2) is 5.96 Å². The van der Waals surface area contributed by atoms with E-state index in [-0.39, 0.29) is 0 Å². The lowest BCUT2D eigenvalue weighted by Gasteiger charge is -2.24. The standard InChI is InChI=1S/C18H28N4S2/c1-5-19-18(20-11-14(2)15-8-10-23-13-15)21-12-16(22(3)4)17-7-6-9-24-17/h6-10,13-14,16H,5,11-12H2,1-4H3,(H2,19,20,21). The van der Waals surface area contributed by atoms with Crippen LogP contribution in [0.2, 0.25) is 0 Å². The highest BCUT2D eigenvalue weighted by molar-refractivity contribution is 7.10. The molecule has 4 nitrogen and oxygen atoms in total.